The van der Waals surface area contributed by atoms with E-state index in [4.69, 9.17) is 11.6 Å². The van der Waals surface area contributed by atoms with Crippen molar-refractivity contribution in [1.29, 1.82) is 0 Å². The Morgan fingerprint density at radius 3 is 2.93 bits per heavy atom. The molecule has 15 heavy (non-hydrogen) atoms. The summed E-state index contributed by atoms with van der Waals surface area (Å²) in [5.74, 6) is -0.109. The number of rotatable bonds is 5. The van der Waals surface area contributed by atoms with E-state index in [1.54, 1.807) is 6.92 Å². The van der Waals surface area contributed by atoms with E-state index in [9.17, 15) is 4.79 Å². The van der Waals surface area contributed by atoms with Gasteiger partial charge in [0.05, 0.1) is 5.69 Å². The minimum Gasteiger partial charge on any atom is -0.351 e. The van der Waals surface area contributed by atoms with Gasteiger partial charge in [-0.1, -0.05) is 11.4 Å². The largest absolute Gasteiger partial charge is 0.351 e. The lowest BCUT2D eigenvalue weighted by Gasteiger charge is -2.06. The molecule has 0 aliphatic carbocycles. The molecule has 0 bridgehead atoms. The summed E-state index contributed by atoms with van der Waals surface area (Å²) in [5, 5.41) is 6.71. The van der Waals surface area contributed by atoms with Crippen LogP contribution in [0.25, 0.3) is 0 Å². The van der Waals surface area contributed by atoms with Crippen molar-refractivity contribution >= 4 is 29.0 Å². The molecule has 0 saturated heterocycles. The minimum atomic E-state index is -0.109. The van der Waals surface area contributed by atoms with Gasteiger partial charge in [0.15, 0.2) is 0 Å². The lowest BCUT2D eigenvalue weighted by molar-refractivity contribution is 0.0956. The first-order chi connectivity index (χ1) is 7.15. The lowest BCUT2D eigenvalue weighted by Crippen LogP contribution is -2.25. The number of hydrogen-bond acceptors (Lipinski definition) is 4. The molecule has 1 aromatic rings. The van der Waals surface area contributed by atoms with Crippen LogP contribution in [-0.4, -0.2) is 27.4 Å². The fraction of sp³-hybridized carbons (Fsp3) is 0.667. The third-order valence-corrected chi connectivity index (χ3v) is 3.40. The van der Waals surface area contributed by atoms with Gasteiger partial charge in [-0.2, -0.15) is 0 Å². The van der Waals surface area contributed by atoms with Crippen LogP contribution in [0.4, 0.5) is 0 Å². The number of carbonyl (C=O) groups is 1. The van der Waals surface area contributed by atoms with Crippen molar-refractivity contribution in [2.45, 2.75) is 32.1 Å². The number of carbonyl (C=O) groups excluding carboxylic acids is 1. The van der Waals surface area contributed by atoms with Crippen molar-refractivity contribution in [3.8, 4) is 0 Å². The van der Waals surface area contributed by atoms with Crippen molar-refractivity contribution in [3.63, 3.8) is 0 Å². The number of hydrogen-bond donors (Lipinski definition) is 1. The molecule has 4 nitrogen and oxygen atoms in total. The number of aryl methyl sites for hydroxylation is 1. The van der Waals surface area contributed by atoms with Gasteiger partial charge < -0.3 is 5.32 Å². The predicted octanol–water partition coefficient (Wildman–Crippen LogP) is 1.98. The number of nitrogens with zero attached hydrogens (tertiary/aromatic N) is 2. The van der Waals surface area contributed by atoms with Crippen LogP contribution in [0.2, 0.25) is 0 Å². The zero-order valence-electron chi connectivity index (χ0n) is 8.79. The molecular formula is C9H14ClN3OS. The van der Waals surface area contributed by atoms with Gasteiger partial charge in [0.1, 0.15) is 4.88 Å². The second-order valence-electron chi connectivity index (χ2n) is 3.24. The maximum atomic E-state index is 11.6. The lowest BCUT2D eigenvalue weighted by atomic mass is 10.2. The Morgan fingerprint density at radius 2 is 2.40 bits per heavy atom. The zero-order chi connectivity index (χ0) is 11.3. The van der Waals surface area contributed by atoms with Gasteiger partial charge in [-0.3, -0.25) is 4.79 Å². The molecule has 1 unspecified atom stereocenters. The van der Waals surface area contributed by atoms with E-state index in [0.717, 1.165) is 24.4 Å². The second-order valence-corrected chi connectivity index (χ2v) is 4.61. The van der Waals surface area contributed by atoms with Crippen LogP contribution in [0.3, 0.4) is 0 Å². The molecule has 6 heteroatoms. The summed E-state index contributed by atoms with van der Waals surface area (Å²) in [6.07, 6.45) is 1.70. The van der Waals surface area contributed by atoms with E-state index in [2.05, 4.69) is 14.9 Å². The number of aromatic nitrogens is 2. The van der Waals surface area contributed by atoms with Gasteiger partial charge in [-0.25, -0.2) is 0 Å². The summed E-state index contributed by atoms with van der Waals surface area (Å²) >= 11 is 7.05. The zero-order valence-corrected chi connectivity index (χ0v) is 10.4. The summed E-state index contributed by atoms with van der Waals surface area (Å²) in [4.78, 5) is 12.2. The fourth-order valence-corrected chi connectivity index (χ4v) is 1.75. The molecule has 0 saturated carbocycles. The molecule has 0 spiro atoms. The van der Waals surface area contributed by atoms with Crippen molar-refractivity contribution < 1.29 is 4.79 Å². The molecule has 0 radical (unpaired) electrons. The summed E-state index contributed by atoms with van der Waals surface area (Å²) in [6.45, 7) is 4.39. The highest BCUT2D eigenvalue weighted by Crippen LogP contribution is 2.09. The van der Waals surface area contributed by atoms with Crippen molar-refractivity contribution in [2.75, 3.05) is 6.54 Å². The molecule has 0 aromatic carbocycles. The first-order valence-electron chi connectivity index (χ1n) is 4.86. The van der Waals surface area contributed by atoms with Crippen LogP contribution in [0.15, 0.2) is 0 Å². The topological polar surface area (TPSA) is 54.9 Å². The van der Waals surface area contributed by atoms with Crippen LogP contribution in [-0.2, 0) is 0 Å². The highest BCUT2D eigenvalue weighted by Gasteiger charge is 2.12. The van der Waals surface area contributed by atoms with E-state index in [1.807, 2.05) is 6.92 Å². The second kappa shape index (κ2) is 6.02. The van der Waals surface area contributed by atoms with Gasteiger partial charge >= 0.3 is 0 Å². The maximum Gasteiger partial charge on any atom is 0.264 e. The Morgan fingerprint density at radius 1 is 1.67 bits per heavy atom. The molecule has 0 fully saturated rings. The highest BCUT2D eigenvalue weighted by molar-refractivity contribution is 7.07. The molecule has 1 atom stereocenters. The molecule has 1 aromatic heterocycles. The highest BCUT2D eigenvalue weighted by atomic mass is 35.5. The van der Waals surface area contributed by atoms with Crippen LogP contribution in [0.1, 0.15) is 35.1 Å². The first kappa shape index (κ1) is 12.4. The van der Waals surface area contributed by atoms with Crippen LogP contribution in [0.5, 0.6) is 0 Å². The third-order valence-electron chi connectivity index (χ3n) is 2.04. The normalized spacial score (nSPS) is 12.5. The molecule has 1 amide bonds. The van der Waals surface area contributed by atoms with Crippen molar-refractivity contribution in [3.05, 3.63) is 10.6 Å². The Kier molecular flexibility index (Phi) is 4.98. The summed E-state index contributed by atoms with van der Waals surface area (Å²) in [7, 11) is 0. The molecular weight excluding hydrogens is 234 g/mol. The summed E-state index contributed by atoms with van der Waals surface area (Å²) in [6, 6.07) is 0. The van der Waals surface area contributed by atoms with Crippen molar-refractivity contribution in [2.24, 2.45) is 0 Å². The molecule has 1 heterocycles. The quantitative estimate of drug-likeness (QED) is 0.810. The summed E-state index contributed by atoms with van der Waals surface area (Å²) in [5.41, 5.74) is 0.676. The van der Waals surface area contributed by atoms with Gasteiger partial charge in [0.2, 0.25) is 0 Å². The number of nitrogens with one attached hydrogen (secondary N) is 1. The van der Waals surface area contributed by atoms with Gasteiger partial charge in [0.25, 0.3) is 5.91 Å². The van der Waals surface area contributed by atoms with E-state index in [-0.39, 0.29) is 11.3 Å². The van der Waals surface area contributed by atoms with Crippen molar-refractivity contribution in [1.82, 2.24) is 14.9 Å². The Balaban J connectivity index is 2.34. The summed E-state index contributed by atoms with van der Waals surface area (Å²) < 4.78 is 3.71. The molecule has 0 aliphatic heterocycles. The average molecular weight is 248 g/mol. The Labute approximate surface area is 98.2 Å². The molecule has 1 rings (SSSR count). The van der Waals surface area contributed by atoms with E-state index < -0.39 is 0 Å². The Hall–Kier alpha value is -0.680. The predicted molar refractivity (Wildman–Crippen MR) is 61.5 cm³/mol. The average Bonchev–Trinajstić information content (AvgIpc) is 2.64. The monoisotopic (exact) mass is 247 g/mol. The molecule has 1 N–H and O–H groups in total. The van der Waals surface area contributed by atoms with Gasteiger partial charge in [-0.05, 0) is 31.3 Å². The third kappa shape index (κ3) is 3.76. The van der Waals surface area contributed by atoms with Crippen LogP contribution >= 0.6 is 23.1 Å². The SMILES string of the molecule is CCC(Cl)CCNC(=O)c1snnc1C. The number of alkyl halides is 1. The van der Waals surface area contributed by atoms with E-state index in [0.29, 0.717) is 17.1 Å². The maximum absolute atomic E-state index is 11.6. The molecule has 84 valence electrons. The standard InChI is InChI=1S/C9H14ClN3OS/c1-3-7(10)4-5-11-9(14)8-6(2)12-13-15-8/h7H,3-5H2,1-2H3,(H,11,14). The van der Waals surface area contributed by atoms with Crippen LogP contribution < -0.4 is 5.32 Å². The Bertz CT molecular complexity index is 329. The fourth-order valence-electron chi connectivity index (χ4n) is 1.07. The van der Waals surface area contributed by atoms with Gasteiger partial charge in [-0.15, -0.1) is 16.7 Å². The number of amides is 1. The van der Waals surface area contributed by atoms with Crippen LogP contribution in [0, 0.1) is 6.92 Å². The van der Waals surface area contributed by atoms with E-state index in [1.165, 1.54) is 0 Å². The number of halogens is 1. The molecule has 0 aliphatic rings. The minimum absolute atomic E-state index is 0.109. The first-order valence-corrected chi connectivity index (χ1v) is 6.07. The van der Waals surface area contributed by atoms with Gasteiger partial charge in [0, 0.05) is 11.9 Å². The smallest absolute Gasteiger partial charge is 0.264 e. The van der Waals surface area contributed by atoms with E-state index >= 15 is 0 Å².